The molecule has 0 fully saturated rings. The van der Waals surface area contributed by atoms with Crippen LogP contribution in [0.25, 0.3) is 0 Å². The Kier molecular flexibility index (Phi) is 4.76. The minimum absolute atomic E-state index is 0.0833. The molecule has 0 saturated carbocycles. The Bertz CT molecular complexity index is 490. The van der Waals surface area contributed by atoms with Crippen molar-refractivity contribution in [2.45, 2.75) is 17.9 Å². The van der Waals surface area contributed by atoms with Crippen molar-refractivity contribution in [1.29, 1.82) is 0 Å². The zero-order valence-corrected chi connectivity index (χ0v) is 11.2. The lowest BCUT2D eigenvalue weighted by molar-refractivity contribution is 0.122. The van der Waals surface area contributed by atoms with Crippen LogP contribution in [-0.4, -0.2) is 28.2 Å². The molecule has 0 aliphatic carbocycles. The standard InChI is InChI=1S/C10H15ClN2O3S/c1-7(16-2)6-13-17(14,15)8-3-4-10(12)9(11)5-8/h3-5,7,13H,6,12H2,1-2H3. The number of nitrogens with one attached hydrogen (secondary N) is 1. The van der Waals surface area contributed by atoms with Crippen LogP contribution in [0.15, 0.2) is 23.1 Å². The molecule has 0 aliphatic rings. The molecule has 0 spiro atoms. The van der Waals surface area contributed by atoms with Gasteiger partial charge in [0.1, 0.15) is 0 Å². The number of benzene rings is 1. The number of rotatable bonds is 5. The fourth-order valence-electron chi connectivity index (χ4n) is 1.07. The quantitative estimate of drug-likeness (QED) is 0.794. The average molecular weight is 279 g/mol. The first kappa shape index (κ1) is 14.2. The molecule has 5 nitrogen and oxygen atoms in total. The Hall–Kier alpha value is -0.820. The lowest BCUT2D eigenvalue weighted by Crippen LogP contribution is -2.31. The van der Waals surface area contributed by atoms with Gasteiger partial charge in [0.2, 0.25) is 10.0 Å². The molecule has 96 valence electrons. The van der Waals surface area contributed by atoms with Crippen LogP contribution in [0, 0.1) is 0 Å². The molecule has 0 radical (unpaired) electrons. The van der Waals surface area contributed by atoms with Gasteiger partial charge in [-0.1, -0.05) is 11.6 Å². The maximum absolute atomic E-state index is 11.8. The number of nitrogen functional groups attached to an aromatic ring is 1. The van der Waals surface area contributed by atoms with Crippen molar-refractivity contribution in [3.8, 4) is 0 Å². The molecule has 0 bridgehead atoms. The first-order valence-electron chi connectivity index (χ1n) is 4.94. The zero-order valence-electron chi connectivity index (χ0n) is 9.60. The SMILES string of the molecule is COC(C)CNS(=O)(=O)c1ccc(N)c(Cl)c1. The van der Waals surface area contributed by atoms with Gasteiger partial charge < -0.3 is 10.5 Å². The third-order valence-corrected chi connectivity index (χ3v) is 3.99. The second kappa shape index (κ2) is 5.68. The molecule has 17 heavy (non-hydrogen) atoms. The molecule has 0 aliphatic heterocycles. The average Bonchev–Trinajstić information content (AvgIpc) is 2.29. The highest BCUT2D eigenvalue weighted by Gasteiger charge is 2.15. The van der Waals surface area contributed by atoms with Crippen molar-refractivity contribution in [3.05, 3.63) is 23.2 Å². The lowest BCUT2D eigenvalue weighted by atomic mass is 10.3. The zero-order chi connectivity index (χ0) is 13.1. The second-order valence-corrected chi connectivity index (χ2v) is 5.76. The molecule has 0 saturated heterocycles. The van der Waals surface area contributed by atoms with Crippen molar-refractivity contribution in [2.24, 2.45) is 0 Å². The van der Waals surface area contributed by atoms with E-state index in [9.17, 15) is 8.42 Å². The van der Waals surface area contributed by atoms with Crippen molar-refractivity contribution in [2.75, 3.05) is 19.4 Å². The summed E-state index contributed by atoms with van der Waals surface area (Å²) in [5, 5.41) is 0.215. The molecule has 1 aromatic carbocycles. The Balaban J connectivity index is 2.86. The van der Waals surface area contributed by atoms with Gasteiger partial charge in [0.15, 0.2) is 0 Å². The molecule has 1 unspecified atom stereocenters. The summed E-state index contributed by atoms with van der Waals surface area (Å²) < 4.78 is 31.1. The molecule has 0 heterocycles. The van der Waals surface area contributed by atoms with Gasteiger partial charge in [-0.15, -0.1) is 0 Å². The molecule has 7 heteroatoms. The molecule has 1 aromatic rings. The largest absolute Gasteiger partial charge is 0.398 e. The van der Waals surface area contributed by atoms with Crippen molar-refractivity contribution in [3.63, 3.8) is 0 Å². The maximum atomic E-state index is 11.8. The van der Waals surface area contributed by atoms with Crippen LogP contribution in [-0.2, 0) is 14.8 Å². The van der Waals surface area contributed by atoms with Crippen LogP contribution < -0.4 is 10.5 Å². The molecular weight excluding hydrogens is 264 g/mol. The molecule has 0 amide bonds. The van der Waals surface area contributed by atoms with Gasteiger partial charge >= 0.3 is 0 Å². The van der Waals surface area contributed by atoms with E-state index in [0.29, 0.717) is 5.69 Å². The van der Waals surface area contributed by atoms with Crippen LogP contribution in [0.3, 0.4) is 0 Å². The van der Waals surface area contributed by atoms with E-state index >= 15 is 0 Å². The Morgan fingerprint density at radius 2 is 2.18 bits per heavy atom. The van der Waals surface area contributed by atoms with Crippen molar-refractivity contribution < 1.29 is 13.2 Å². The summed E-state index contributed by atoms with van der Waals surface area (Å²) in [5.74, 6) is 0. The van der Waals surface area contributed by atoms with Crippen molar-refractivity contribution in [1.82, 2.24) is 4.72 Å². The summed E-state index contributed by atoms with van der Waals surface area (Å²) in [6.07, 6.45) is -0.200. The smallest absolute Gasteiger partial charge is 0.240 e. The summed E-state index contributed by atoms with van der Waals surface area (Å²) in [5.41, 5.74) is 5.85. The van der Waals surface area contributed by atoms with E-state index in [0.717, 1.165) is 0 Å². The first-order valence-corrected chi connectivity index (χ1v) is 6.80. The summed E-state index contributed by atoms with van der Waals surface area (Å²) in [4.78, 5) is 0.0833. The predicted octanol–water partition coefficient (Wildman–Crippen LogP) is 1.24. The van der Waals surface area contributed by atoms with Gasteiger partial charge in [-0.05, 0) is 25.1 Å². The van der Waals surface area contributed by atoms with E-state index < -0.39 is 10.0 Å². The normalized spacial score (nSPS) is 13.6. The maximum Gasteiger partial charge on any atom is 0.240 e. The topological polar surface area (TPSA) is 81.4 Å². The van der Waals surface area contributed by atoms with E-state index in [1.165, 1.54) is 25.3 Å². The number of hydrogen-bond donors (Lipinski definition) is 2. The predicted molar refractivity (Wildman–Crippen MR) is 67.5 cm³/mol. The Labute approximate surface area is 106 Å². The van der Waals surface area contributed by atoms with Gasteiger partial charge in [-0.2, -0.15) is 0 Å². The van der Waals surface area contributed by atoms with Gasteiger partial charge in [-0.3, -0.25) is 0 Å². The summed E-state index contributed by atoms with van der Waals surface area (Å²) >= 11 is 5.77. The Morgan fingerprint density at radius 3 is 2.71 bits per heavy atom. The van der Waals surface area contributed by atoms with Crippen LogP contribution >= 0.6 is 11.6 Å². The highest BCUT2D eigenvalue weighted by atomic mass is 35.5. The lowest BCUT2D eigenvalue weighted by Gasteiger charge is -2.11. The van der Waals surface area contributed by atoms with E-state index in [-0.39, 0.29) is 22.6 Å². The van der Waals surface area contributed by atoms with E-state index in [4.69, 9.17) is 22.1 Å². The highest BCUT2D eigenvalue weighted by Crippen LogP contribution is 2.22. The van der Waals surface area contributed by atoms with Crippen LogP contribution in [0.1, 0.15) is 6.92 Å². The molecule has 1 rings (SSSR count). The third-order valence-electron chi connectivity index (χ3n) is 2.25. The first-order chi connectivity index (χ1) is 7.86. The van der Waals surface area contributed by atoms with Gasteiger partial charge in [0, 0.05) is 13.7 Å². The van der Waals surface area contributed by atoms with Gasteiger partial charge in [0.25, 0.3) is 0 Å². The monoisotopic (exact) mass is 278 g/mol. The number of hydrogen-bond acceptors (Lipinski definition) is 4. The van der Waals surface area contributed by atoms with E-state index in [2.05, 4.69) is 4.72 Å². The minimum atomic E-state index is -3.57. The number of ether oxygens (including phenoxy) is 1. The second-order valence-electron chi connectivity index (χ2n) is 3.58. The van der Waals surface area contributed by atoms with Crippen LogP contribution in [0.4, 0.5) is 5.69 Å². The summed E-state index contributed by atoms with van der Waals surface area (Å²) in [6, 6.07) is 4.17. The molecular formula is C10H15ClN2O3S. The van der Waals surface area contributed by atoms with Crippen molar-refractivity contribution >= 4 is 27.3 Å². The number of anilines is 1. The summed E-state index contributed by atoms with van der Waals surface area (Å²) in [7, 11) is -2.06. The fraction of sp³-hybridized carbons (Fsp3) is 0.400. The molecule has 3 N–H and O–H groups in total. The minimum Gasteiger partial charge on any atom is -0.398 e. The third kappa shape index (κ3) is 3.85. The number of halogens is 1. The molecule has 1 atom stereocenters. The Morgan fingerprint density at radius 1 is 1.53 bits per heavy atom. The highest BCUT2D eigenvalue weighted by molar-refractivity contribution is 7.89. The van der Waals surface area contributed by atoms with E-state index in [1.54, 1.807) is 6.92 Å². The number of methoxy groups -OCH3 is 1. The fourth-order valence-corrected chi connectivity index (χ4v) is 2.45. The van der Waals surface area contributed by atoms with Crippen LogP contribution in [0.2, 0.25) is 5.02 Å². The summed E-state index contributed by atoms with van der Waals surface area (Å²) in [6.45, 7) is 1.96. The number of nitrogens with two attached hydrogens (primary N) is 1. The van der Waals surface area contributed by atoms with Gasteiger partial charge in [0.05, 0.1) is 21.7 Å². The van der Waals surface area contributed by atoms with E-state index in [1.807, 2.05) is 0 Å². The van der Waals surface area contributed by atoms with Crippen LogP contribution in [0.5, 0.6) is 0 Å². The number of sulfonamides is 1. The van der Waals surface area contributed by atoms with Gasteiger partial charge in [-0.25, -0.2) is 13.1 Å². The molecule has 0 aromatic heterocycles.